The van der Waals surface area contributed by atoms with Crippen LogP contribution in [0.3, 0.4) is 0 Å². The van der Waals surface area contributed by atoms with Gasteiger partial charge < -0.3 is 41.2 Å². The summed E-state index contributed by atoms with van der Waals surface area (Å²) in [7, 11) is 1.20. The zero-order valence-electron chi connectivity index (χ0n) is 28.1. The quantitative estimate of drug-likeness (QED) is 0.177. The third-order valence-corrected chi connectivity index (χ3v) is 7.34. The molecule has 0 bridgehead atoms. The molecule has 0 aliphatic carbocycles. The molecular formula is C35H45N5O9. The number of ether oxygens (including phenoxy) is 2. The van der Waals surface area contributed by atoms with Crippen molar-refractivity contribution in [3.8, 4) is 5.75 Å². The zero-order valence-corrected chi connectivity index (χ0v) is 28.1. The van der Waals surface area contributed by atoms with Crippen molar-refractivity contribution in [3.63, 3.8) is 0 Å². The lowest BCUT2D eigenvalue weighted by atomic mass is 10.0. The number of hydrogen-bond acceptors (Lipinski definition) is 9. The molecular weight excluding hydrogens is 634 g/mol. The highest BCUT2D eigenvalue weighted by Crippen LogP contribution is 2.14. The van der Waals surface area contributed by atoms with E-state index in [1.807, 2.05) is 6.07 Å². The smallest absolute Gasteiger partial charge is 0.408 e. The van der Waals surface area contributed by atoms with Crippen LogP contribution in [0.1, 0.15) is 51.2 Å². The Hall–Kier alpha value is -5.40. The maximum atomic E-state index is 13.6. The van der Waals surface area contributed by atoms with Crippen molar-refractivity contribution in [2.45, 2.75) is 82.6 Å². The predicted molar refractivity (Wildman–Crippen MR) is 179 cm³/mol. The molecule has 6 N–H and O–H groups in total. The summed E-state index contributed by atoms with van der Waals surface area (Å²) in [6.45, 7) is 4.52. The molecule has 3 rings (SSSR count). The molecule has 0 radical (unpaired) electrons. The van der Waals surface area contributed by atoms with E-state index in [1.54, 1.807) is 69.3 Å². The monoisotopic (exact) mass is 679 g/mol. The number of benzene rings is 2. The van der Waals surface area contributed by atoms with Gasteiger partial charge in [-0.3, -0.25) is 19.2 Å². The van der Waals surface area contributed by atoms with Crippen LogP contribution in [0.2, 0.25) is 0 Å². The van der Waals surface area contributed by atoms with E-state index in [2.05, 4.69) is 26.6 Å². The van der Waals surface area contributed by atoms with Crippen molar-refractivity contribution in [3.05, 3.63) is 77.9 Å². The number of rotatable bonds is 8. The third-order valence-electron chi connectivity index (χ3n) is 7.34. The summed E-state index contributed by atoms with van der Waals surface area (Å²) in [6, 6.07) is 10.6. The van der Waals surface area contributed by atoms with E-state index in [0.29, 0.717) is 5.56 Å². The van der Waals surface area contributed by atoms with Crippen LogP contribution in [0.4, 0.5) is 4.79 Å². The predicted octanol–water partition coefficient (Wildman–Crippen LogP) is 1.55. The maximum Gasteiger partial charge on any atom is 0.408 e. The summed E-state index contributed by atoms with van der Waals surface area (Å²) >= 11 is 0. The van der Waals surface area contributed by atoms with Crippen LogP contribution < -0.4 is 26.6 Å². The van der Waals surface area contributed by atoms with Crippen molar-refractivity contribution >= 4 is 35.7 Å². The Morgan fingerprint density at radius 3 is 2.29 bits per heavy atom. The molecule has 2 aromatic carbocycles. The number of phenols is 1. The SMILES string of the molecule is COC(=O)[C@H]1C/C=C\CCC(NC(=O)[C@H](Cc2ccc(O)cc2)NC(=O)OC(C)(C)C)C(=O)NCC(=O)N[C@H](Cc2ccccc2)C(=O)N1. The third kappa shape index (κ3) is 13.3. The van der Waals surface area contributed by atoms with E-state index < -0.39 is 72.0 Å². The van der Waals surface area contributed by atoms with Gasteiger partial charge in [0.05, 0.1) is 13.7 Å². The normalized spacial score (nSPS) is 20.5. The molecule has 2 aromatic rings. The molecule has 1 aliphatic rings. The number of nitrogens with one attached hydrogen (secondary N) is 5. The van der Waals surface area contributed by atoms with E-state index in [4.69, 9.17) is 9.47 Å². The molecule has 4 atom stereocenters. The van der Waals surface area contributed by atoms with Crippen molar-refractivity contribution in [2.24, 2.45) is 0 Å². The number of phenolic OH excluding ortho intramolecular Hbond substituents is 1. The van der Waals surface area contributed by atoms with Gasteiger partial charge in [0.15, 0.2) is 0 Å². The first-order valence-electron chi connectivity index (χ1n) is 16.0. The lowest BCUT2D eigenvalue weighted by molar-refractivity contribution is -0.145. The van der Waals surface area contributed by atoms with E-state index >= 15 is 0 Å². The van der Waals surface area contributed by atoms with E-state index in [-0.39, 0.29) is 37.9 Å². The van der Waals surface area contributed by atoms with Crippen LogP contribution in [-0.4, -0.2) is 84.2 Å². The van der Waals surface area contributed by atoms with Gasteiger partial charge in [0, 0.05) is 12.8 Å². The van der Waals surface area contributed by atoms with Gasteiger partial charge in [0.2, 0.25) is 23.6 Å². The molecule has 0 spiro atoms. The van der Waals surface area contributed by atoms with Crippen molar-refractivity contribution in [1.82, 2.24) is 26.6 Å². The minimum atomic E-state index is -1.17. The average Bonchev–Trinajstić information content (AvgIpc) is 3.05. The Labute approximate surface area is 285 Å². The Morgan fingerprint density at radius 2 is 1.63 bits per heavy atom. The van der Waals surface area contributed by atoms with Crippen LogP contribution >= 0.6 is 0 Å². The van der Waals surface area contributed by atoms with Gasteiger partial charge in [-0.25, -0.2) is 9.59 Å². The fourth-order valence-electron chi connectivity index (χ4n) is 4.90. The fourth-order valence-corrected chi connectivity index (χ4v) is 4.90. The summed E-state index contributed by atoms with van der Waals surface area (Å²) < 4.78 is 10.2. The second kappa shape index (κ2) is 18.2. The summed E-state index contributed by atoms with van der Waals surface area (Å²) in [6.07, 6.45) is 3.08. The summed E-state index contributed by atoms with van der Waals surface area (Å²) in [5.74, 6) is -3.28. The van der Waals surface area contributed by atoms with Gasteiger partial charge in [-0.2, -0.15) is 0 Å². The van der Waals surface area contributed by atoms with Gasteiger partial charge >= 0.3 is 12.1 Å². The maximum absolute atomic E-state index is 13.6. The first-order valence-corrected chi connectivity index (χ1v) is 16.0. The van der Waals surface area contributed by atoms with E-state index in [9.17, 15) is 33.9 Å². The molecule has 264 valence electrons. The Balaban J connectivity index is 1.83. The first kappa shape index (κ1) is 38.1. The second-order valence-corrected chi connectivity index (χ2v) is 12.5. The Morgan fingerprint density at radius 1 is 0.939 bits per heavy atom. The molecule has 14 heteroatoms. The number of methoxy groups -OCH3 is 1. The Kier molecular flexibility index (Phi) is 14.2. The number of hydrogen-bond donors (Lipinski definition) is 6. The van der Waals surface area contributed by atoms with Gasteiger partial charge in [-0.1, -0.05) is 54.6 Å². The molecule has 5 amide bonds. The van der Waals surface area contributed by atoms with Crippen LogP contribution in [0, 0.1) is 0 Å². The second-order valence-electron chi connectivity index (χ2n) is 12.5. The standard InChI is InChI=1S/C35H45N5O9/c1-35(2,3)49-34(47)40-28(20-23-15-17-24(41)18-16-23)32(45)38-25-13-9-6-10-14-26(33(46)48-4)39-31(44)27(19-22-11-7-5-8-12-22)37-29(42)21-36-30(25)43/h5-8,10-12,15-18,25-28,41H,9,13-14,19-21H2,1-4H3,(H,36,43)(H,37,42)(H,38,45)(H,39,44)(H,40,47)/b10-6-/t25?,26-,27-,28+/m1/s1. The van der Waals surface area contributed by atoms with Crippen LogP contribution in [0.15, 0.2) is 66.7 Å². The number of carbonyl (C=O) groups is 6. The summed E-state index contributed by atoms with van der Waals surface area (Å²) in [4.78, 5) is 78.5. The molecule has 49 heavy (non-hydrogen) atoms. The molecule has 0 aromatic heterocycles. The summed E-state index contributed by atoms with van der Waals surface area (Å²) in [5.41, 5.74) is 0.533. The van der Waals surface area contributed by atoms with Gasteiger partial charge in [0.25, 0.3) is 0 Å². The molecule has 0 saturated heterocycles. The number of allylic oxidation sites excluding steroid dienone is 1. The van der Waals surface area contributed by atoms with Gasteiger partial charge in [-0.05, 0) is 63.3 Å². The van der Waals surface area contributed by atoms with E-state index in [1.165, 1.54) is 19.2 Å². The molecule has 0 saturated carbocycles. The number of esters is 1. The first-order chi connectivity index (χ1) is 23.2. The van der Waals surface area contributed by atoms with Crippen LogP contribution in [0.5, 0.6) is 5.75 Å². The fraction of sp³-hybridized carbons (Fsp3) is 0.429. The number of aromatic hydroxyl groups is 1. The molecule has 1 aliphatic heterocycles. The van der Waals surface area contributed by atoms with E-state index in [0.717, 1.165) is 5.56 Å². The number of amides is 5. The van der Waals surface area contributed by atoms with Crippen molar-refractivity contribution in [1.29, 1.82) is 0 Å². The van der Waals surface area contributed by atoms with Crippen molar-refractivity contribution < 1.29 is 43.3 Å². The van der Waals surface area contributed by atoms with Gasteiger partial charge in [-0.15, -0.1) is 0 Å². The number of alkyl carbamates (subject to hydrolysis) is 1. The largest absolute Gasteiger partial charge is 0.508 e. The molecule has 0 fully saturated rings. The zero-order chi connectivity index (χ0) is 36.0. The summed E-state index contributed by atoms with van der Waals surface area (Å²) in [5, 5.41) is 22.7. The minimum absolute atomic E-state index is 0.0146. The topological polar surface area (TPSA) is 201 Å². The minimum Gasteiger partial charge on any atom is -0.508 e. The molecule has 1 heterocycles. The number of carbonyl (C=O) groups excluding carboxylic acids is 6. The van der Waals surface area contributed by atoms with Crippen molar-refractivity contribution in [2.75, 3.05) is 13.7 Å². The molecule has 14 nitrogen and oxygen atoms in total. The van der Waals surface area contributed by atoms with Gasteiger partial charge in [0.1, 0.15) is 35.5 Å². The van der Waals surface area contributed by atoms with Crippen LogP contribution in [-0.2, 0) is 46.3 Å². The highest BCUT2D eigenvalue weighted by Gasteiger charge is 2.30. The highest BCUT2D eigenvalue weighted by atomic mass is 16.6. The lowest BCUT2D eigenvalue weighted by Gasteiger charge is -2.25. The average molecular weight is 680 g/mol. The van der Waals surface area contributed by atoms with Crippen LogP contribution in [0.25, 0.3) is 0 Å². The highest BCUT2D eigenvalue weighted by molar-refractivity contribution is 5.95. The Bertz CT molecular complexity index is 1490. The lowest BCUT2D eigenvalue weighted by Crippen LogP contribution is -2.56. The molecule has 1 unspecified atom stereocenters.